The number of imidazole rings is 1. The fourth-order valence-electron chi connectivity index (χ4n) is 1.81. The minimum Gasteiger partial charge on any atom is -0.393 e. The number of anilines is 1. The molecule has 0 amide bonds. The molecule has 0 saturated carbocycles. The van der Waals surface area contributed by atoms with Crippen LogP contribution >= 0.6 is 0 Å². The lowest BCUT2D eigenvalue weighted by molar-refractivity contribution is -0.00638. The van der Waals surface area contributed by atoms with Crippen LogP contribution in [0.5, 0.6) is 0 Å². The highest BCUT2D eigenvalue weighted by Crippen LogP contribution is 2.25. The summed E-state index contributed by atoms with van der Waals surface area (Å²) in [5.41, 5.74) is 6.87. The van der Waals surface area contributed by atoms with Crippen LogP contribution in [0.2, 0.25) is 0 Å². The van der Waals surface area contributed by atoms with Crippen LogP contribution in [0.15, 0.2) is 24.8 Å². The number of nitrogens with two attached hydrogens (primary N) is 1. The number of nitrogen functional groups attached to an aromatic ring is 1. The van der Waals surface area contributed by atoms with E-state index in [0.29, 0.717) is 17.0 Å². The largest absolute Gasteiger partial charge is 0.393 e. The second kappa shape index (κ2) is 3.79. The zero-order valence-electron chi connectivity index (χ0n) is 8.89. The van der Waals surface area contributed by atoms with Gasteiger partial charge in [-0.05, 0) is 6.08 Å². The van der Waals surface area contributed by atoms with Crippen LogP contribution < -0.4 is 5.73 Å². The summed E-state index contributed by atoms with van der Waals surface area (Å²) in [6.07, 6.45) is 6.05. The standard InChI is InChI=1S/C10H11N5O2/c11-9-8-10(13-4-12-9)15(5-14-8)7-2-1-6(3-16)17-7/h1-2,4-7,16H,3H2,(H2,11,12,13)/t6-,7+/m1/s1. The number of hydrogen-bond acceptors (Lipinski definition) is 6. The number of fused-ring (bicyclic) bond motifs is 1. The summed E-state index contributed by atoms with van der Waals surface area (Å²) in [4.78, 5) is 12.2. The van der Waals surface area contributed by atoms with Gasteiger partial charge in [-0.15, -0.1) is 0 Å². The van der Waals surface area contributed by atoms with Gasteiger partial charge >= 0.3 is 0 Å². The third-order valence-corrected chi connectivity index (χ3v) is 2.65. The van der Waals surface area contributed by atoms with E-state index in [9.17, 15) is 0 Å². The summed E-state index contributed by atoms with van der Waals surface area (Å²) < 4.78 is 7.31. The number of rotatable bonds is 2. The molecular weight excluding hydrogens is 222 g/mol. The lowest BCUT2D eigenvalue weighted by atomic mass is 10.4. The second-order valence-electron chi connectivity index (χ2n) is 3.72. The van der Waals surface area contributed by atoms with Gasteiger partial charge in [-0.3, -0.25) is 4.57 Å². The normalized spacial score (nSPS) is 23.6. The van der Waals surface area contributed by atoms with Gasteiger partial charge < -0.3 is 15.6 Å². The summed E-state index contributed by atoms with van der Waals surface area (Å²) in [6, 6.07) is 0. The molecule has 17 heavy (non-hydrogen) atoms. The fourth-order valence-corrected chi connectivity index (χ4v) is 1.81. The van der Waals surface area contributed by atoms with Crippen LogP contribution in [0.25, 0.3) is 11.2 Å². The molecular formula is C10H11N5O2. The van der Waals surface area contributed by atoms with E-state index in [1.54, 1.807) is 17.0 Å². The second-order valence-corrected chi connectivity index (χ2v) is 3.72. The molecule has 0 aliphatic carbocycles. The van der Waals surface area contributed by atoms with E-state index < -0.39 is 0 Å². The molecule has 3 heterocycles. The van der Waals surface area contributed by atoms with Crippen molar-refractivity contribution in [2.45, 2.75) is 12.3 Å². The maximum Gasteiger partial charge on any atom is 0.167 e. The van der Waals surface area contributed by atoms with Crippen molar-refractivity contribution >= 4 is 17.0 Å². The number of ether oxygens (including phenoxy) is 1. The first-order chi connectivity index (χ1) is 8.29. The highest BCUT2D eigenvalue weighted by Gasteiger charge is 2.22. The van der Waals surface area contributed by atoms with Crippen molar-refractivity contribution in [3.63, 3.8) is 0 Å². The van der Waals surface area contributed by atoms with Gasteiger partial charge in [0.05, 0.1) is 12.9 Å². The van der Waals surface area contributed by atoms with Gasteiger partial charge in [-0.2, -0.15) is 0 Å². The first kappa shape index (κ1) is 10.2. The average Bonchev–Trinajstić information content (AvgIpc) is 2.94. The highest BCUT2D eigenvalue weighted by molar-refractivity contribution is 5.81. The Balaban J connectivity index is 2.02. The molecule has 0 fully saturated rings. The molecule has 0 spiro atoms. The smallest absolute Gasteiger partial charge is 0.167 e. The summed E-state index contributed by atoms with van der Waals surface area (Å²) in [6.45, 7) is -0.0449. The van der Waals surface area contributed by atoms with Crippen LogP contribution in [0.4, 0.5) is 5.82 Å². The van der Waals surface area contributed by atoms with Crippen LogP contribution in [-0.4, -0.2) is 37.3 Å². The molecule has 7 heteroatoms. The van der Waals surface area contributed by atoms with E-state index in [0.717, 1.165) is 0 Å². The van der Waals surface area contributed by atoms with Crippen molar-refractivity contribution in [3.8, 4) is 0 Å². The maximum absolute atomic E-state index is 8.99. The first-order valence-corrected chi connectivity index (χ1v) is 5.17. The van der Waals surface area contributed by atoms with E-state index >= 15 is 0 Å². The third kappa shape index (κ3) is 1.56. The van der Waals surface area contributed by atoms with Gasteiger partial charge in [0, 0.05) is 0 Å². The van der Waals surface area contributed by atoms with Gasteiger partial charge in [-0.25, -0.2) is 15.0 Å². The van der Waals surface area contributed by atoms with Crippen molar-refractivity contribution in [1.29, 1.82) is 0 Å². The van der Waals surface area contributed by atoms with Crippen molar-refractivity contribution in [1.82, 2.24) is 19.5 Å². The molecule has 3 N–H and O–H groups in total. The average molecular weight is 233 g/mol. The molecule has 2 aromatic heterocycles. The molecule has 2 aromatic rings. The Morgan fingerprint density at radius 2 is 2.24 bits per heavy atom. The summed E-state index contributed by atoms with van der Waals surface area (Å²) in [5, 5.41) is 8.99. The molecule has 0 unspecified atom stereocenters. The van der Waals surface area contributed by atoms with Crippen molar-refractivity contribution in [3.05, 3.63) is 24.8 Å². The van der Waals surface area contributed by atoms with Gasteiger partial charge in [-0.1, -0.05) is 6.08 Å². The predicted molar refractivity (Wildman–Crippen MR) is 59.9 cm³/mol. The molecule has 3 rings (SSSR count). The zero-order chi connectivity index (χ0) is 11.8. The minimum atomic E-state index is -0.313. The summed E-state index contributed by atoms with van der Waals surface area (Å²) >= 11 is 0. The van der Waals surface area contributed by atoms with E-state index in [-0.39, 0.29) is 18.9 Å². The van der Waals surface area contributed by atoms with Gasteiger partial charge in [0.25, 0.3) is 0 Å². The first-order valence-electron chi connectivity index (χ1n) is 5.17. The molecule has 0 bridgehead atoms. The Labute approximate surface area is 96.6 Å². The van der Waals surface area contributed by atoms with Crippen LogP contribution in [-0.2, 0) is 4.74 Å². The summed E-state index contributed by atoms with van der Waals surface area (Å²) in [7, 11) is 0. The SMILES string of the molecule is Nc1ncnc2c1ncn2[C@@H]1C=C[C@H](CO)O1. The lowest BCUT2D eigenvalue weighted by Crippen LogP contribution is -2.15. The number of aromatic nitrogens is 4. The predicted octanol–water partition coefficient (Wildman–Crippen LogP) is -0.146. The number of aliphatic hydroxyl groups is 1. The van der Waals surface area contributed by atoms with Gasteiger partial charge in [0.2, 0.25) is 0 Å². The van der Waals surface area contributed by atoms with Crippen LogP contribution in [0.3, 0.4) is 0 Å². The molecule has 7 nitrogen and oxygen atoms in total. The Kier molecular flexibility index (Phi) is 2.27. The maximum atomic E-state index is 8.99. The zero-order valence-corrected chi connectivity index (χ0v) is 8.89. The summed E-state index contributed by atoms with van der Waals surface area (Å²) in [5.74, 6) is 0.342. The van der Waals surface area contributed by atoms with Gasteiger partial charge in [0.15, 0.2) is 17.7 Å². The molecule has 2 atom stereocenters. The molecule has 0 saturated heterocycles. The van der Waals surface area contributed by atoms with Gasteiger partial charge in [0.1, 0.15) is 17.9 Å². The molecule has 1 aliphatic heterocycles. The Hall–Kier alpha value is -1.99. The van der Waals surface area contributed by atoms with E-state index in [1.807, 2.05) is 6.08 Å². The number of hydrogen-bond donors (Lipinski definition) is 2. The van der Waals surface area contributed by atoms with Crippen molar-refractivity contribution in [2.75, 3.05) is 12.3 Å². The van der Waals surface area contributed by atoms with Crippen molar-refractivity contribution < 1.29 is 9.84 Å². The molecule has 88 valence electrons. The minimum absolute atomic E-state index is 0.0449. The Morgan fingerprint density at radius 1 is 1.35 bits per heavy atom. The number of aliphatic hydroxyl groups excluding tert-OH is 1. The van der Waals surface area contributed by atoms with E-state index in [4.69, 9.17) is 15.6 Å². The van der Waals surface area contributed by atoms with E-state index in [2.05, 4.69) is 15.0 Å². The Bertz CT molecular complexity index is 579. The fraction of sp³-hybridized carbons (Fsp3) is 0.300. The number of nitrogens with zero attached hydrogens (tertiary/aromatic N) is 4. The molecule has 0 radical (unpaired) electrons. The van der Waals surface area contributed by atoms with Crippen molar-refractivity contribution in [2.24, 2.45) is 0 Å². The third-order valence-electron chi connectivity index (χ3n) is 2.65. The lowest BCUT2D eigenvalue weighted by Gasteiger charge is -2.13. The van der Waals surface area contributed by atoms with Crippen LogP contribution in [0, 0.1) is 0 Å². The molecule has 1 aliphatic rings. The molecule has 0 aromatic carbocycles. The quantitative estimate of drug-likeness (QED) is 0.700. The van der Waals surface area contributed by atoms with E-state index in [1.165, 1.54) is 6.33 Å². The Morgan fingerprint density at radius 3 is 3.00 bits per heavy atom. The highest BCUT2D eigenvalue weighted by atomic mass is 16.5. The monoisotopic (exact) mass is 233 g/mol. The van der Waals surface area contributed by atoms with Crippen LogP contribution in [0.1, 0.15) is 6.23 Å². The topological polar surface area (TPSA) is 99.1 Å².